The van der Waals surface area contributed by atoms with Crippen LogP contribution in [0.15, 0.2) is 23.1 Å². The van der Waals surface area contributed by atoms with E-state index >= 15 is 0 Å². The van der Waals surface area contributed by atoms with Crippen LogP contribution in [-0.2, 0) is 9.05 Å². The Morgan fingerprint density at radius 1 is 1.43 bits per heavy atom. The van der Waals surface area contributed by atoms with Crippen LogP contribution in [0.1, 0.15) is 36.5 Å². The lowest BCUT2D eigenvalue weighted by Gasteiger charge is -2.32. The Hall–Kier alpha value is -1.14. The molecule has 1 saturated carbocycles. The van der Waals surface area contributed by atoms with Gasteiger partial charge >= 0.3 is 0 Å². The van der Waals surface area contributed by atoms with E-state index in [1.165, 1.54) is 0 Å². The second kappa shape index (κ2) is 6.32. The zero-order valence-electron chi connectivity index (χ0n) is 11.7. The Balaban J connectivity index is 2.27. The second-order valence-electron chi connectivity index (χ2n) is 5.22. The highest BCUT2D eigenvalue weighted by Gasteiger charge is 2.26. The third-order valence-corrected chi connectivity index (χ3v) is 5.17. The van der Waals surface area contributed by atoms with Crippen molar-refractivity contribution in [1.29, 1.82) is 0 Å². The molecular weight excluding hydrogens is 317 g/mol. The summed E-state index contributed by atoms with van der Waals surface area (Å²) in [5.74, 6) is -0.780. The summed E-state index contributed by atoms with van der Waals surface area (Å²) in [5.41, 5.74) is -0.252. The van der Waals surface area contributed by atoms with Crippen molar-refractivity contribution in [3.63, 3.8) is 0 Å². The predicted molar refractivity (Wildman–Crippen MR) is 78.4 cm³/mol. The summed E-state index contributed by atoms with van der Waals surface area (Å²) in [6.07, 6.45) is 3.30. The molecule has 1 aliphatic rings. The van der Waals surface area contributed by atoms with E-state index < -0.39 is 20.8 Å². The molecule has 0 radical (unpaired) electrons. The quantitative estimate of drug-likeness (QED) is 0.778. The normalized spacial score (nSPS) is 15.6. The molecule has 1 fully saturated rings. The molecule has 1 aliphatic carbocycles. The highest BCUT2D eigenvalue weighted by Crippen LogP contribution is 2.28. The van der Waals surface area contributed by atoms with Gasteiger partial charge in [-0.1, -0.05) is 6.42 Å². The molecule has 1 aromatic rings. The van der Waals surface area contributed by atoms with Crippen LogP contribution in [-0.4, -0.2) is 32.3 Å². The SMILES string of the molecule is CCN(CC1CCC1)C(=O)c1cc(S(=O)(=O)Cl)ccc1F. The van der Waals surface area contributed by atoms with Gasteiger partial charge in [0.15, 0.2) is 0 Å². The molecule has 0 heterocycles. The number of nitrogens with zero attached hydrogens (tertiary/aromatic N) is 1. The van der Waals surface area contributed by atoms with Gasteiger partial charge in [0, 0.05) is 23.8 Å². The fourth-order valence-corrected chi connectivity index (χ4v) is 3.11. The largest absolute Gasteiger partial charge is 0.339 e. The summed E-state index contributed by atoms with van der Waals surface area (Å²) in [5, 5.41) is 0. The van der Waals surface area contributed by atoms with E-state index in [0.29, 0.717) is 19.0 Å². The van der Waals surface area contributed by atoms with Crippen LogP contribution in [0.3, 0.4) is 0 Å². The monoisotopic (exact) mass is 333 g/mol. The third kappa shape index (κ3) is 3.74. The summed E-state index contributed by atoms with van der Waals surface area (Å²) < 4.78 is 36.5. The average molecular weight is 334 g/mol. The van der Waals surface area contributed by atoms with Gasteiger partial charge in [-0.05, 0) is 43.9 Å². The van der Waals surface area contributed by atoms with E-state index in [-0.39, 0.29) is 10.5 Å². The Kier molecular flexibility index (Phi) is 4.88. The van der Waals surface area contributed by atoms with E-state index in [9.17, 15) is 17.6 Å². The number of halogens is 2. The smallest absolute Gasteiger partial charge is 0.261 e. The van der Waals surface area contributed by atoms with E-state index in [1.54, 1.807) is 4.90 Å². The first-order valence-corrected chi connectivity index (χ1v) is 9.17. The maximum absolute atomic E-state index is 13.9. The van der Waals surface area contributed by atoms with Crippen molar-refractivity contribution >= 4 is 25.6 Å². The first-order chi connectivity index (χ1) is 9.82. The van der Waals surface area contributed by atoms with Crippen LogP contribution in [0.4, 0.5) is 4.39 Å². The lowest BCUT2D eigenvalue weighted by atomic mass is 9.85. The van der Waals surface area contributed by atoms with Crippen LogP contribution in [0.5, 0.6) is 0 Å². The van der Waals surface area contributed by atoms with Crippen LogP contribution >= 0.6 is 10.7 Å². The number of carbonyl (C=O) groups excluding carboxylic acids is 1. The summed E-state index contributed by atoms with van der Waals surface area (Å²) in [4.78, 5) is 13.7. The van der Waals surface area contributed by atoms with Crippen molar-refractivity contribution in [3.05, 3.63) is 29.6 Å². The summed E-state index contributed by atoms with van der Waals surface area (Å²) in [7, 11) is 1.25. The van der Waals surface area contributed by atoms with E-state index in [4.69, 9.17) is 10.7 Å². The minimum absolute atomic E-state index is 0.252. The minimum Gasteiger partial charge on any atom is -0.339 e. The summed E-state index contributed by atoms with van der Waals surface area (Å²) >= 11 is 0. The third-order valence-electron chi connectivity index (χ3n) is 3.82. The topological polar surface area (TPSA) is 54.5 Å². The first kappa shape index (κ1) is 16.2. The van der Waals surface area contributed by atoms with Gasteiger partial charge in [0.1, 0.15) is 5.82 Å². The summed E-state index contributed by atoms with van der Waals surface area (Å²) in [6, 6.07) is 3.01. The van der Waals surface area contributed by atoms with Crippen LogP contribution in [0.2, 0.25) is 0 Å². The van der Waals surface area contributed by atoms with Gasteiger partial charge in [0.05, 0.1) is 10.5 Å². The van der Waals surface area contributed by atoms with Gasteiger partial charge < -0.3 is 4.90 Å². The molecule has 0 aromatic heterocycles. The standard InChI is InChI=1S/C14H17ClFNO3S/c1-2-17(9-10-4-3-5-10)14(18)12-8-11(21(15,19)20)6-7-13(12)16/h6-8,10H,2-5,9H2,1H3. The Labute approximate surface area is 128 Å². The van der Waals surface area contributed by atoms with Gasteiger partial charge in [-0.25, -0.2) is 12.8 Å². The lowest BCUT2D eigenvalue weighted by Crippen LogP contribution is -2.37. The van der Waals surface area contributed by atoms with Crippen molar-refractivity contribution in [3.8, 4) is 0 Å². The molecule has 0 spiro atoms. The molecule has 0 saturated heterocycles. The fourth-order valence-electron chi connectivity index (χ4n) is 2.33. The van der Waals surface area contributed by atoms with Crippen molar-refractivity contribution in [2.75, 3.05) is 13.1 Å². The van der Waals surface area contributed by atoms with E-state index in [0.717, 1.165) is 37.5 Å². The average Bonchev–Trinajstić information content (AvgIpc) is 2.36. The predicted octanol–water partition coefficient (Wildman–Crippen LogP) is 3.02. The molecule has 0 bridgehead atoms. The minimum atomic E-state index is -3.99. The number of hydrogen-bond acceptors (Lipinski definition) is 3. The zero-order chi connectivity index (χ0) is 15.6. The molecule has 0 unspecified atom stereocenters. The molecule has 21 heavy (non-hydrogen) atoms. The van der Waals surface area contributed by atoms with Crippen LogP contribution in [0, 0.1) is 11.7 Å². The Bertz CT molecular complexity index is 644. The highest BCUT2D eigenvalue weighted by atomic mass is 35.7. The molecule has 7 heteroatoms. The van der Waals surface area contributed by atoms with Crippen LogP contribution < -0.4 is 0 Å². The number of benzene rings is 1. The van der Waals surface area contributed by atoms with Gasteiger partial charge in [-0.3, -0.25) is 4.79 Å². The van der Waals surface area contributed by atoms with Crippen molar-refractivity contribution in [2.24, 2.45) is 5.92 Å². The molecular formula is C14H17ClFNO3S. The summed E-state index contributed by atoms with van der Waals surface area (Å²) in [6.45, 7) is 2.84. The second-order valence-corrected chi connectivity index (χ2v) is 7.79. The Morgan fingerprint density at radius 2 is 2.10 bits per heavy atom. The van der Waals surface area contributed by atoms with E-state index in [2.05, 4.69) is 0 Å². The maximum Gasteiger partial charge on any atom is 0.261 e. The number of rotatable bonds is 5. The zero-order valence-corrected chi connectivity index (χ0v) is 13.3. The molecule has 0 atom stereocenters. The lowest BCUT2D eigenvalue weighted by molar-refractivity contribution is 0.0701. The van der Waals surface area contributed by atoms with Gasteiger partial charge in [0.2, 0.25) is 0 Å². The van der Waals surface area contributed by atoms with Crippen molar-refractivity contribution in [1.82, 2.24) is 4.90 Å². The molecule has 0 N–H and O–H groups in total. The maximum atomic E-state index is 13.9. The van der Waals surface area contributed by atoms with Crippen molar-refractivity contribution in [2.45, 2.75) is 31.1 Å². The van der Waals surface area contributed by atoms with Crippen LogP contribution in [0.25, 0.3) is 0 Å². The molecule has 116 valence electrons. The Morgan fingerprint density at radius 3 is 2.57 bits per heavy atom. The van der Waals surface area contributed by atoms with Gasteiger partial charge in [-0.2, -0.15) is 0 Å². The number of hydrogen-bond donors (Lipinski definition) is 0. The van der Waals surface area contributed by atoms with E-state index in [1.807, 2.05) is 6.92 Å². The van der Waals surface area contributed by atoms with Crippen molar-refractivity contribution < 1.29 is 17.6 Å². The first-order valence-electron chi connectivity index (χ1n) is 6.86. The molecule has 0 aliphatic heterocycles. The number of carbonyl (C=O) groups is 1. The fraction of sp³-hybridized carbons (Fsp3) is 0.500. The highest BCUT2D eigenvalue weighted by molar-refractivity contribution is 8.13. The molecule has 2 rings (SSSR count). The molecule has 1 amide bonds. The van der Waals surface area contributed by atoms with Gasteiger partial charge in [0.25, 0.3) is 15.0 Å². The number of amides is 1. The van der Waals surface area contributed by atoms with Gasteiger partial charge in [-0.15, -0.1) is 0 Å². The molecule has 4 nitrogen and oxygen atoms in total. The molecule has 1 aromatic carbocycles.